The van der Waals surface area contributed by atoms with Crippen LogP contribution in [0.3, 0.4) is 0 Å². The van der Waals surface area contributed by atoms with Crippen LogP contribution in [0.4, 0.5) is 0 Å². The van der Waals surface area contributed by atoms with E-state index in [1.165, 1.54) is 37.4 Å². The summed E-state index contributed by atoms with van der Waals surface area (Å²) in [6, 6.07) is 19.0. The molecule has 15 nitrogen and oxygen atoms in total. The van der Waals surface area contributed by atoms with Crippen LogP contribution in [0.25, 0.3) is 11.1 Å². The van der Waals surface area contributed by atoms with Crippen LogP contribution >= 0.6 is 0 Å². The number of methoxy groups -OCH3 is 1. The maximum Gasteiger partial charge on any atom is 0.478 e. The Labute approximate surface area is 445 Å². The average Bonchev–Trinajstić information content (AvgIpc) is 3.87. The third kappa shape index (κ3) is 18.2. The van der Waals surface area contributed by atoms with Crippen molar-refractivity contribution < 1.29 is 38.0 Å². The zero-order chi connectivity index (χ0) is 55.4. The molecule has 3 aliphatic carbocycles. The number of carbonyl (C=O) groups is 5. The molecule has 3 aromatic carbocycles. The van der Waals surface area contributed by atoms with Crippen molar-refractivity contribution >= 4 is 36.7 Å². The van der Waals surface area contributed by atoms with Gasteiger partial charge in [0, 0.05) is 12.6 Å². The van der Waals surface area contributed by atoms with E-state index in [2.05, 4.69) is 79.0 Å². The fourth-order valence-corrected chi connectivity index (χ4v) is 9.76. The van der Waals surface area contributed by atoms with E-state index >= 15 is 0 Å². The van der Waals surface area contributed by atoms with Crippen molar-refractivity contribution in [3.05, 3.63) is 89.0 Å². The van der Waals surface area contributed by atoms with Crippen LogP contribution in [0.1, 0.15) is 160 Å². The third-order valence-corrected chi connectivity index (χ3v) is 14.0. The summed E-state index contributed by atoms with van der Waals surface area (Å²) in [5.41, 5.74) is 14.9. The molecule has 5 aliphatic rings. The molecule has 6 unspecified atom stereocenters. The molecule has 5 amide bonds. The molecular formula is C58H94BN7O8. The number of unbranched alkanes of at least 4 members (excludes halogenated alkanes) is 2. The fraction of sp³-hybridized carbons (Fsp3) is 0.603. The highest BCUT2D eigenvalue weighted by atomic mass is 16.7. The normalized spacial score (nSPS) is 21.1. The number of nitrogens with two attached hydrogens (primary N) is 2. The number of aryl methyl sites for hydroxylation is 2. The summed E-state index contributed by atoms with van der Waals surface area (Å²) in [7, 11) is 4.01. The first-order valence-electron chi connectivity index (χ1n) is 27.6. The van der Waals surface area contributed by atoms with Crippen LogP contribution in [0.15, 0.2) is 66.7 Å². The number of amides is 5. The van der Waals surface area contributed by atoms with Crippen LogP contribution in [-0.2, 0) is 41.3 Å². The Bertz CT molecular complexity index is 2140. The monoisotopic (exact) mass is 1030 g/mol. The van der Waals surface area contributed by atoms with Crippen molar-refractivity contribution in [1.82, 2.24) is 26.2 Å². The Morgan fingerprint density at radius 1 is 0.851 bits per heavy atom. The number of likely N-dealkylation sites (N-methyl/N-ethyl adjacent to an activating group) is 1. The number of rotatable bonds is 14. The van der Waals surface area contributed by atoms with Crippen molar-refractivity contribution in [2.75, 3.05) is 47.3 Å². The van der Waals surface area contributed by atoms with Gasteiger partial charge in [0.25, 0.3) is 5.91 Å². The Balaban J connectivity index is 0.00000132. The topological polar surface area (TPSA) is 216 Å². The van der Waals surface area contributed by atoms with Crippen molar-refractivity contribution in [3.63, 3.8) is 0 Å². The second-order valence-electron chi connectivity index (χ2n) is 18.8. The third-order valence-electron chi connectivity index (χ3n) is 14.0. The first-order valence-corrected chi connectivity index (χ1v) is 27.6. The highest BCUT2D eigenvalue weighted by molar-refractivity contribution is 6.45. The lowest BCUT2D eigenvalue weighted by Gasteiger charge is -2.60. The highest BCUT2D eigenvalue weighted by Gasteiger charge is 2.62. The van der Waals surface area contributed by atoms with E-state index in [4.69, 9.17) is 19.8 Å². The molecule has 4 bridgehead atoms. The molecule has 4 fully saturated rings. The number of ether oxygens (including phenoxy) is 1. The summed E-state index contributed by atoms with van der Waals surface area (Å²) < 4.78 is 18.1. The molecule has 412 valence electrons. The van der Waals surface area contributed by atoms with Gasteiger partial charge in [-0.1, -0.05) is 131 Å². The molecule has 0 spiro atoms. The Morgan fingerprint density at radius 3 is 2.07 bits per heavy atom. The lowest BCUT2D eigenvalue weighted by molar-refractivity contribution is -0.150. The molecule has 8 rings (SSSR count). The Kier molecular flexibility index (Phi) is 30.1. The summed E-state index contributed by atoms with van der Waals surface area (Å²) in [6.45, 7) is 21.0. The quantitative estimate of drug-likeness (QED) is 0.0849. The van der Waals surface area contributed by atoms with Crippen LogP contribution in [0, 0.1) is 17.3 Å². The minimum absolute atomic E-state index is 0.0273. The van der Waals surface area contributed by atoms with Gasteiger partial charge in [-0.05, 0) is 134 Å². The van der Waals surface area contributed by atoms with Gasteiger partial charge in [0.2, 0.25) is 23.6 Å². The van der Waals surface area contributed by atoms with Gasteiger partial charge in [0.1, 0.15) is 17.8 Å². The summed E-state index contributed by atoms with van der Waals surface area (Å²) in [5.74, 6) is -0.733. The maximum absolute atomic E-state index is 13.9. The molecule has 0 aromatic heterocycles. The smallest absolute Gasteiger partial charge is 0.478 e. The fourth-order valence-electron chi connectivity index (χ4n) is 9.76. The molecule has 1 saturated heterocycles. The lowest BCUT2D eigenvalue weighted by Crippen LogP contribution is -2.59. The standard InChI is InChI=1S/C47H60BN5O8.C4H11N.3C2H6.CH5N/c1-6-7-10-29-13-15-30(16-14-29)31-17-19-32(20-18-31)44(56)50-27-41(55)53(4)42-34-21-22-38(59-5)33(23-34)11-8-9-12-37(52-40(54)26-49-46(42)58)45(57)51-28-48-60-39-25-35-24-36(43(39)61-48)47(35,2)3;1-2-3-4-5;4*1-2/h13-23,35-37,39,42-43H,6-12,24-28H2,1-5H3,(H,49,58)(H,50,56)(H,51,57)(H,52,54);2-5H2,1H3;3*1-2H3;2H2,1H3. The second-order valence-corrected chi connectivity index (χ2v) is 18.8. The number of hydrogen-bond donors (Lipinski definition) is 6. The summed E-state index contributed by atoms with van der Waals surface area (Å²) >= 11 is 0. The molecule has 2 heterocycles. The number of fused-ring (bicyclic) bond motifs is 2. The summed E-state index contributed by atoms with van der Waals surface area (Å²) in [4.78, 5) is 68.9. The van der Waals surface area contributed by atoms with Gasteiger partial charge >= 0.3 is 7.12 Å². The molecule has 3 saturated carbocycles. The van der Waals surface area contributed by atoms with E-state index < -0.39 is 49.4 Å². The number of nitrogens with zero attached hydrogens (tertiary/aromatic N) is 1. The average molecular weight is 1030 g/mol. The van der Waals surface area contributed by atoms with E-state index in [-0.39, 0.29) is 36.5 Å². The Hall–Kier alpha value is -5.29. The van der Waals surface area contributed by atoms with E-state index in [0.717, 1.165) is 55.3 Å². The minimum Gasteiger partial charge on any atom is -0.496 e. The van der Waals surface area contributed by atoms with Crippen LogP contribution in [0.5, 0.6) is 5.75 Å². The second kappa shape index (κ2) is 34.3. The highest BCUT2D eigenvalue weighted by Crippen LogP contribution is 2.61. The van der Waals surface area contributed by atoms with E-state index in [9.17, 15) is 24.0 Å². The van der Waals surface area contributed by atoms with Crippen LogP contribution < -0.4 is 37.5 Å². The lowest BCUT2D eigenvalue weighted by atomic mass is 9.47. The van der Waals surface area contributed by atoms with E-state index in [0.29, 0.717) is 54.4 Å². The number of benzene rings is 3. The van der Waals surface area contributed by atoms with Gasteiger partial charge in [0.05, 0.1) is 38.9 Å². The zero-order valence-electron chi connectivity index (χ0n) is 47.4. The Morgan fingerprint density at radius 2 is 1.49 bits per heavy atom. The van der Waals surface area contributed by atoms with Crippen molar-refractivity contribution in [3.8, 4) is 16.9 Å². The molecule has 6 atom stereocenters. The van der Waals surface area contributed by atoms with Gasteiger partial charge in [-0.25, -0.2) is 0 Å². The molecular weight excluding hydrogens is 933 g/mol. The van der Waals surface area contributed by atoms with Crippen LogP contribution in [0.2, 0.25) is 0 Å². The van der Waals surface area contributed by atoms with Crippen molar-refractivity contribution in [2.24, 2.45) is 28.7 Å². The maximum atomic E-state index is 13.9. The number of carbonyl (C=O) groups excluding carboxylic acids is 5. The number of hydrogen-bond acceptors (Lipinski definition) is 10. The minimum atomic E-state index is -1.14. The molecule has 8 N–H and O–H groups in total. The van der Waals surface area contributed by atoms with E-state index in [1.54, 1.807) is 31.4 Å². The SMILES string of the molecule is CC.CC.CC.CCCCN.CCCCc1ccc(-c2ccc(C(=O)NCC(=O)N(C)C3C(=O)NCC(=O)NC(C(=O)NCB4OC5CC6CC(C5O4)C6(C)C)CCCCc4cc3ccc4OC)cc2)cc1.CN. The van der Waals surface area contributed by atoms with Gasteiger partial charge in [-0.3, -0.25) is 24.0 Å². The molecule has 2 aliphatic heterocycles. The summed E-state index contributed by atoms with van der Waals surface area (Å²) in [5, 5.41) is 11.1. The zero-order valence-corrected chi connectivity index (χ0v) is 47.4. The van der Waals surface area contributed by atoms with Gasteiger partial charge in [-0.2, -0.15) is 0 Å². The van der Waals surface area contributed by atoms with Crippen molar-refractivity contribution in [2.45, 2.75) is 164 Å². The molecule has 0 radical (unpaired) electrons. The van der Waals surface area contributed by atoms with Gasteiger partial charge in [0.15, 0.2) is 0 Å². The summed E-state index contributed by atoms with van der Waals surface area (Å²) in [6.07, 6.45) is 10.3. The molecule has 16 heteroatoms. The first-order chi connectivity index (χ1) is 35.8. The first kappa shape index (κ1) is 64.8. The number of nitrogens with one attached hydrogen (secondary N) is 4. The predicted molar refractivity (Wildman–Crippen MR) is 300 cm³/mol. The predicted octanol–water partition coefficient (Wildman–Crippen LogP) is 8.35. The molecule has 74 heavy (non-hydrogen) atoms. The van der Waals surface area contributed by atoms with Crippen molar-refractivity contribution in [1.29, 1.82) is 0 Å². The van der Waals surface area contributed by atoms with E-state index in [1.807, 2.05) is 59.7 Å². The van der Waals surface area contributed by atoms with Crippen LogP contribution in [-0.4, -0.2) is 107 Å². The largest absolute Gasteiger partial charge is 0.496 e. The van der Waals surface area contributed by atoms with Gasteiger partial charge in [-0.15, -0.1) is 0 Å². The van der Waals surface area contributed by atoms with Gasteiger partial charge < -0.3 is 51.7 Å². The molecule has 3 aromatic rings.